The summed E-state index contributed by atoms with van der Waals surface area (Å²) in [5.41, 5.74) is 5.26. The fraction of sp³-hybridized carbons (Fsp3) is 0.286. The highest BCUT2D eigenvalue weighted by Crippen LogP contribution is 2.27. The number of benzene rings is 3. The lowest BCUT2D eigenvalue weighted by Gasteiger charge is -2.14. The Morgan fingerprint density at radius 2 is 1.42 bits per heavy atom. The summed E-state index contributed by atoms with van der Waals surface area (Å²) in [5.74, 6) is 0.206. The first-order valence-corrected chi connectivity index (χ1v) is 11.8. The number of carboxylic acids is 1. The number of hydrogen-bond donors (Lipinski definition) is 3. The second kappa shape index (κ2) is 13.0. The molecular weight excluding hydrogens is 460 g/mol. The van der Waals surface area contributed by atoms with Gasteiger partial charge in [-0.05, 0) is 87.2 Å². The molecule has 0 spiro atoms. The Morgan fingerprint density at radius 1 is 0.833 bits per heavy atom. The summed E-state index contributed by atoms with van der Waals surface area (Å²) in [7, 11) is 1.49. The van der Waals surface area contributed by atoms with Crippen molar-refractivity contribution in [3.8, 4) is 17.2 Å². The minimum absolute atomic E-state index is 0.106. The Morgan fingerprint density at radius 3 is 1.97 bits per heavy atom. The van der Waals surface area contributed by atoms with E-state index < -0.39 is 5.97 Å². The Balaban J connectivity index is 1.42. The number of nitrogens with one attached hydrogen (secondary N) is 2. The predicted molar refractivity (Wildman–Crippen MR) is 138 cm³/mol. The normalized spacial score (nSPS) is 10.4. The van der Waals surface area contributed by atoms with E-state index in [1.807, 2.05) is 36.4 Å². The van der Waals surface area contributed by atoms with Crippen LogP contribution >= 0.6 is 0 Å². The number of carbonyl (C=O) groups excluding carboxylic acids is 1. The molecule has 190 valence electrons. The van der Waals surface area contributed by atoms with Crippen molar-refractivity contribution >= 4 is 17.6 Å². The van der Waals surface area contributed by atoms with Gasteiger partial charge >= 0.3 is 5.97 Å². The van der Waals surface area contributed by atoms with Crippen molar-refractivity contribution in [1.29, 1.82) is 0 Å². The molecule has 8 heteroatoms. The molecule has 0 bridgehead atoms. The largest absolute Gasteiger partial charge is 0.494 e. The fourth-order valence-corrected chi connectivity index (χ4v) is 3.47. The van der Waals surface area contributed by atoms with E-state index in [4.69, 9.17) is 14.3 Å². The van der Waals surface area contributed by atoms with Crippen molar-refractivity contribution < 1.29 is 29.0 Å². The lowest BCUT2D eigenvalue weighted by molar-refractivity contribution is 0.0693. The van der Waals surface area contributed by atoms with E-state index in [1.165, 1.54) is 18.7 Å². The van der Waals surface area contributed by atoms with Crippen molar-refractivity contribution in [2.24, 2.45) is 0 Å². The molecule has 0 aliphatic rings. The first-order valence-electron chi connectivity index (χ1n) is 11.8. The second-order valence-electron chi connectivity index (χ2n) is 8.35. The second-order valence-corrected chi connectivity index (χ2v) is 8.35. The summed E-state index contributed by atoms with van der Waals surface area (Å²) in [4.78, 5) is 29.2. The van der Waals surface area contributed by atoms with Gasteiger partial charge in [0.2, 0.25) is 0 Å². The third kappa shape index (κ3) is 7.66. The van der Waals surface area contributed by atoms with E-state index in [-0.39, 0.29) is 22.8 Å². The number of carbonyl (C=O) groups is 2. The number of carboxylic acid groups (broad SMARTS) is 1. The summed E-state index contributed by atoms with van der Waals surface area (Å²) in [5, 5.41) is 12.0. The molecule has 0 fully saturated rings. The molecule has 3 aromatic rings. The van der Waals surface area contributed by atoms with Gasteiger partial charge in [0, 0.05) is 12.6 Å². The summed E-state index contributed by atoms with van der Waals surface area (Å²) < 4.78 is 11.5. The fourth-order valence-electron chi connectivity index (χ4n) is 3.47. The molecule has 0 saturated heterocycles. The number of aromatic carboxylic acids is 1. The van der Waals surface area contributed by atoms with Gasteiger partial charge in [-0.1, -0.05) is 17.7 Å². The van der Waals surface area contributed by atoms with E-state index in [1.54, 1.807) is 25.1 Å². The predicted octanol–water partition coefficient (Wildman–Crippen LogP) is 5.40. The minimum Gasteiger partial charge on any atom is -0.494 e. The van der Waals surface area contributed by atoms with Crippen molar-refractivity contribution in [2.45, 2.75) is 33.1 Å². The molecule has 0 atom stereocenters. The van der Waals surface area contributed by atoms with Crippen molar-refractivity contribution in [2.75, 3.05) is 25.7 Å². The monoisotopic (exact) mass is 492 g/mol. The van der Waals surface area contributed by atoms with E-state index in [0.717, 1.165) is 30.8 Å². The molecule has 3 rings (SSSR count). The first kappa shape index (κ1) is 26.4. The van der Waals surface area contributed by atoms with Crippen LogP contribution in [0.3, 0.4) is 0 Å². The molecule has 0 unspecified atom stereocenters. The highest BCUT2D eigenvalue weighted by Gasteiger charge is 2.19. The third-order valence-corrected chi connectivity index (χ3v) is 5.47. The van der Waals surface area contributed by atoms with Crippen molar-refractivity contribution in [1.82, 2.24) is 5.32 Å². The summed E-state index contributed by atoms with van der Waals surface area (Å²) in [6, 6.07) is 18.1. The van der Waals surface area contributed by atoms with Gasteiger partial charge in [-0.15, -0.1) is 0 Å². The Kier molecular flexibility index (Phi) is 9.56. The SMILES string of the molecule is CNC(=O)c1cc(C)c(ONc2ccc(OCCCCCOc3ccc(C)cc3)cc2)c(C(=O)O)c1. The van der Waals surface area contributed by atoms with Crippen molar-refractivity contribution in [3.63, 3.8) is 0 Å². The van der Waals surface area contributed by atoms with Crippen LogP contribution in [-0.2, 0) is 0 Å². The number of amides is 1. The quantitative estimate of drug-likeness (QED) is 0.217. The number of anilines is 1. The maximum atomic E-state index is 11.9. The van der Waals surface area contributed by atoms with Crippen LogP contribution in [0.2, 0.25) is 0 Å². The summed E-state index contributed by atoms with van der Waals surface area (Å²) >= 11 is 0. The van der Waals surface area contributed by atoms with Gasteiger partial charge in [0.15, 0.2) is 5.75 Å². The maximum Gasteiger partial charge on any atom is 0.339 e. The number of aryl methyl sites for hydroxylation is 2. The molecule has 0 saturated carbocycles. The van der Waals surface area contributed by atoms with Gasteiger partial charge in [0.25, 0.3) is 5.91 Å². The van der Waals surface area contributed by atoms with Crippen LogP contribution in [0.25, 0.3) is 0 Å². The van der Waals surface area contributed by atoms with E-state index in [2.05, 4.69) is 17.7 Å². The molecule has 0 heterocycles. The molecule has 8 nitrogen and oxygen atoms in total. The number of rotatable bonds is 13. The molecule has 0 radical (unpaired) electrons. The molecule has 36 heavy (non-hydrogen) atoms. The number of unbranched alkanes of at least 4 members (excludes halogenated alkanes) is 2. The smallest absolute Gasteiger partial charge is 0.339 e. The highest BCUT2D eigenvalue weighted by atomic mass is 16.6. The topological polar surface area (TPSA) is 106 Å². The van der Waals surface area contributed by atoms with Crippen LogP contribution < -0.4 is 25.1 Å². The van der Waals surface area contributed by atoms with Crippen LogP contribution in [0, 0.1) is 13.8 Å². The van der Waals surface area contributed by atoms with Crippen LogP contribution in [0.1, 0.15) is 51.1 Å². The number of hydrogen-bond acceptors (Lipinski definition) is 6. The lowest BCUT2D eigenvalue weighted by Crippen LogP contribution is -2.19. The molecule has 3 N–H and O–H groups in total. The zero-order valence-corrected chi connectivity index (χ0v) is 20.8. The minimum atomic E-state index is -1.19. The zero-order valence-electron chi connectivity index (χ0n) is 20.8. The van der Waals surface area contributed by atoms with Gasteiger partial charge in [-0.2, -0.15) is 0 Å². The Hall–Kier alpha value is -4.20. The van der Waals surface area contributed by atoms with Crippen molar-refractivity contribution in [3.05, 3.63) is 82.9 Å². The first-order chi connectivity index (χ1) is 17.4. The van der Waals surface area contributed by atoms with Crippen LogP contribution in [0.15, 0.2) is 60.7 Å². The summed E-state index contributed by atoms with van der Waals surface area (Å²) in [6.45, 7) is 5.02. The molecule has 0 aliphatic carbocycles. The molecule has 3 aromatic carbocycles. The molecular formula is C28H32N2O6. The van der Waals surface area contributed by atoms with Gasteiger partial charge in [-0.25, -0.2) is 10.3 Å². The average Bonchev–Trinajstić information content (AvgIpc) is 2.88. The van der Waals surface area contributed by atoms with Gasteiger partial charge in [0.1, 0.15) is 17.1 Å². The van der Waals surface area contributed by atoms with E-state index in [0.29, 0.717) is 24.5 Å². The third-order valence-electron chi connectivity index (χ3n) is 5.47. The zero-order chi connectivity index (χ0) is 25.9. The van der Waals surface area contributed by atoms with Crippen LogP contribution in [0.4, 0.5) is 5.69 Å². The van der Waals surface area contributed by atoms with Gasteiger partial charge in [0.05, 0.1) is 18.9 Å². The Bertz CT molecular complexity index is 1160. The lowest BCUT2D eigenvalue weighted by atomic mass is 10.0. The number of ether oxygens (including phenoxy) is 2. The van der Waals surface area contributed by atoms with E-state index >= 15 is 0 Å². The van der Waals surface area contributed by atoms with E-state index in [9.17, 15) is 14.7 Å². The average molecular weight is 493 g/mol. The molecule has 1 amide bonds. The summed E-state index contributed by atoms with van der Waals surface area (Å²) in [6.07, 6.45) is 2.88. The van der Waals surface area contributed by atoms with Gasteiger partial charge < -0.3 is 24.7 Å². The van der Waals surface area contributed by atoms with Gasteiger partial charge in [-0.3, -0.25) is 4.79 Å². The van der Waals surface area contributed by atoms with Crippen LogP contribution in [-0.4, -0.2) is 37.2 Å². The standard InChI is InChI=1S/C28H32N2O6/c1-19-7-11-23(12-8-19)34-15-5-4-6-16-35-24-13-9-22(10-14-24)30-36-26-20(2)17-21(27(31)29-3)18-25(26)28(32)33/h7-14,17-18,30H,4-6,15-16H2,1-3H3,(H,29,31)(H,32,33). The molecule has 0 aromatic heterocycles. The van der Waals surface area contributed by atoms with Crippen LogP contribution in [0.5, 0.6) is 17.2 Å². The maximum absolute atomic E-state index is 11.9. The Labute approximate surface area is 211 Å². The highest BCUT2D eigenvalue weighted by molar-refractivity contribution is 5.99. The molecule has 0 aliphatic heterocycles.